The van der Waals surface area contributed by atoms with Gasteiger partial charge in [0.15, 0.2) is 5.89 Å². The highest BCUT2D eigenvalue weighted by atomic mass is 16.4. The molecule has 1 fully saturated rings. The monoisotopic (exact) mass is 392 g/mol. The van der Waals surface area contributed by atoms with Gasteiger partial charge in [-0.1, -0.05) is 43.7 Å². The number of oxazole rings is 1. The minimum atomic E-state index is -0.00948. The molecule has 0 radical (unpaired) electrons. The van der Waals surface area contributed by atoms with E-state index in [2.05, 4.69) is 34.2 Å². The van der Waals surface area contributed by atoms with Crippen LogP contribution < -0.4 is 0 Å². The molecule has 0 aliphatic carbocycles. The lowest BCUT2D eigenvalue weighted by Crippen LogP contribution is -2.39. The van der Waals surface area contributed by atoms with Crippen LogP contribution in [0, 0.1) is 0 Å². The van der Waals surface area contributed by atoms with E-state index in [0.717, 1.165) is 62.4 Å². The Labute approximate surface area is 171 Å². The fraction of sp³-hybridized carbons (Fsp3) is 0.435. The van der Waals surface area contributed by atoms with Crippen molar-refractivity contribution in [3.8, 4) is 0 Å². The first kappa shape index (κ1) is 19.4. The predicted octanol–water partition coefficient (Wildman–Crippen LogP) is 4.35. The van der Waals surface area contributed by atoms with Crippen LogP contribution in [0.5, 0.6) is 0 Å². The lowest BCUT2D eigenvalue weighted by atomic mass is 9.97. The Kier molecular flexibility index (Phi) is 6.08. The number of aromatic amines is 1. The summed E-state index contributed by atoms with van der Waals surface area (Å²) in [5.74, 6) is 1.72. The van der Waals surface area contributed by atoms with E-state index >= 15 is 0 Å². The summed E-state index contributed by atoms with van der Waals surface area (Å²) in [5, 5.41) is 7.24. The maximum absolute atomic E-state index is 12.9. The van der Waals surface area contributed by atoms with Crippen molar-refractivity contribution in [1.29, 1.82) is 0 Å². The molecule has 1 aliphatic rings. The van der Waals surface area contributed by atoms with Crippen molar-refractivity contribution in [3.05, 3.63) is 71.2 Å². The number of aromatic nitrogens is 3. The Morgan fingerprint density at radius 1 is 1.31 bits per heavy atom. The highest BCUT2D eigenvalue weighted by Gasteiger charge is 2.29. The van der Waals surface area contributed by atoms with Gasteiger partial charge in [-0.15, -0.1) is 0 Å². The molecule has 1 aliphatic heterocycles. The fourth-order valence-corrected chi connectivity index (χ4v) is 3.88. The quantitative estimate of drug-likeness (QED) is 0.649. The van der Waals surface area contributed by atoms with Crippen LogP contribution in [0.2, 0.25) is 0 Å². The van der Waals surface area contributed by atoms with E-state index in [1.165, 1.54) is 5.56 Å². The summed E-state index contributed by atoms with van der Waals surface area (Å²) in [6.07, 6.45) is 7.63. The van der Waals surface area contributed by atoms with Crippen molar-refractivity contribution >= 4 is 5.91 Å². The molecule has 0 bridgehead atoms. The Balaban J connectivity index is 1.39. The largest absolute Gasteiger partial charge is 0.445 e. The molecule has 6 heteroatoms. The first-order valence-corrected chi connectivity index (χ1v) is 10.5. The van der Waals surface area contributed by atoms with E-state index in [1.54, 1.807) is 0 Å². The van der Waals surface area contributed by atoms with Crippen molar-refractivity contribution in [2.24, 2.45) is 0 Å². The molecular formula is C23H28N4O2. The zero-order valence-corrected chi connectivity index (χ0v) is 16.9. The molecule has 4 rings (SSSR count). The van der Waals surface area contributed by atoms with Crippen LogP contribution in [0.1, 0.15) is 71.9 Å². The molecule has 1 saturated heterocycles. The number of rotatable bonds is 7. The van der Waals surface area contributed by atoms with Crippen LogP contribution in [0.4, 0.5) is 0 Å². The molecule has 0 spiro atoms. The Bertz CT molecular complexity index is 931. The molecule has 2 aromatic heterocycles. The molecule has 1 N–H and O–H groups in total. The maximum Gasteiger partial charge on any atom is 0.274 e. The van der Waals surface area contributed by atoms with Gasteiger partial charge < -0.3 is 9.32 Å². The standard InChI is InChI=1S/C23H28N4O2/c1-2-3-11-19-14-21(26-25-19)23(28)27-12-7-10-18(16-27)22-24-15-20(29-22)13-17-8-5-4-6-9-17/h4-6,8-9,14-15,18H,2-3,7,10-13,16H2,1H3,(H,25,26)/t18-/m1/s1. The number of amides is 1. The minimum Gasteiger partial charge on any atom is -0.445 e. The normalized spacial score (nSPS) is 16.9. The molecule has 3 heterocycles. The minimum absolute atomic E-state index is 0.00948. The Morgan fingerprint density at radius 3 is 3.00 bits per heavy atom. The van der Waals surface area contributed by atoms with Gasteiger partial charge in [-0.3, -0.25) is 9.89 Å². The number of aryl methyl sites for hydroxylation is 1. The third-order valence-electron chi connectivity index (χ3n) is 5.50. The van der Waals surface area contributed by atoms with Gasteiger partial charge in [0.2, 0.25) is 0 Å². The second-order valence-corrected chi connectivity index (χ2v) is 7.80. The highest BCUT2D eigenvalue weighted by Crippen LogP contribution is 2.28. The number of unbranched alkanes of at least 4 members (excludes halogenated alkanes) is 1. The summed E-state index contributed by atoms with van der Waals surface area (Å²) in [6.45, 7) is 3.54. The highest BCUT2D eigenvalue weighted by molar-refractivity contribution is 5.92. The summed E-state index contributed by atoms with van der Waals surface area (Å²) >= 11 is 0. The van der Waals surface area contributed by atoms with Crippen molar-refractivity contribution in [1.82, 2.24) is 20.1 Å². The number of carbonyl (C=O) groups is 1. The van der Waals surface area contributed by atoms with Gasteiger partial charge in [-0.25, -0.2) is 4.98 Å². The van der Waals surface area contributed by atoms with Crippen molar-refractivity contribution in [3.63, 3.8) is 0 Å². The van der Waals surface area contributed by atoms with Crippen LogP contribution in [0.15, 0.2) is 47.0 Å². The van der Waals surface area contributed by atoms with Gasteiger partial charge in [0.25, 0.3) is 5.91 Å². The van der Waals surface area contributed by atoms with E-state index < -0.39 is 0 Å². The lowest BCUT2D eigenvalue weighted by Gasteiger charge is -2.30. The number of H-pyrrole nitrogens is 1. The molecule has 1 atom stereocenters. The number of piperidine rings is 1. The SMILES string of the molecule is CCCCc1cc(C(=O)N2CCC[C@@H](c3ncc(Cc4ccccc4)o3)C2)n[nH]1. The topological polar surface area (TPSA) is 75.0 Å². The van der Waals surface area contributed by atoms with Crippen molar-refractivity contribution < 1.29 is 9.21 Å². The van der Waals surface area contributed by atoms with Gasteiger partial charge in [-0.05, 0) is 37.3 Å². The van der Waals surface area contributed by atoms with Gasteiger partial charge in [0, 0.05) is 25.2 Å². The fourth-order valence-electron chi connectivity index (χ4n) is 3.88. The maximum atomic E-state index is 12.9. The molecule has 0 saturated carbocycles. The van der Waals surface area contributed by atoms with Gasteiger partial charge in [0.1, 0.15) is 11.5 Å². The Morgan fingerprint density at radius 2 is 2.17 bits per heavy atom. The lowest BCUT2D eigenvalue weighted by molar-refractivity contribution is 0.0692. The molecule has 6 nitrogen and oxygen atoms in total. The second kappa shape index (κ2) is 9.07. The number of hydrogen-bond donors (Lipinski definition) is 1. The first-order chi connectivity index (χ1) is 14.2. The number of nitrogens with zero attached hydrogens (tertiary/aromatic N) is 3. The van der Waals surface area contributed by atoms with E-state index in [9.17, 15) is 4.79 Å². The van der Waals surface area contributed by atoms with Crippen LogP contribution >= 0.6 is 0 Å². The van der Waals surface area contributed by atoms with Gasteiger partial charge >= 0.3 is 0 Å². The number of likely N-dealkylation sites (tertiary alicyclic amines) is 1. The molecule has 1 aromatic carbocycles. The number of hydrogen-bond acceptors (Lipinski definition) is 4. The summed E-state index contributed by atoms with van der Waals surface area (Å²) in [6, 6.07) is 12.1. The van der Waals surface area contributed by atoms with Crippen LogP contribution in [-0.2, 0) is 12.8 Å². The second-order valence-electron chi connectivity index (χ2n) is 7.80. The summed E-state index contributed by atoms with van der Waals surface area (Å²) in [4.78, 5) is 19.3. The van der Waals surface area contributed by atoms with E-state index in [0.29, 0.717) is 12.2 Å². The summed E-state index contributed by atoms with van der Waals surface area (Å²) in [5.41, 5.74) is 2.74. The van der Waals surface area contributed by atoms with E-state index in [4.69, 9.17) is 4.42 Å². The van der Waals surface area contributed by atoms with E-state index in [1.807, 2.05) is 35.4 Å². The number of nitrogens with one attached hydrogen (secondary N) is 1. The molecule has 0 unspecified atom stereocenters. The van der Waals surface area contributed by atoms with Crippen LogP contribution in [0.25, 0.3) is 0 Å². The summed E-state index contributed by atoms with van der Waals surface area (Å²) < 4.78 is 6.04. The third-order valence-corrected chi connectivity index (χ3v) is 5.50. The summed E-state index contributed by atoms with van der Waals surface area (Å²) in [7, 11) is 0. The molecular weight excluding hydrogens is 364 g/mol. The van der Waals surface area contributed by atoms with Crippen molar-refractivity contribution in [2.75, 3.05) is 13.1 Å². The zero-order chi connectivity index (χ0) is 20.1. The predicted molar refractivity (Wildman–Crippen MR) is 111 cm³/mol. The van der Waals surface area contributed by atoms with Crippen molar-refractivity contribution in [2.45, 2.75) is 51.4 Å². The third kappa shape index (κ3) is 4.75. The Hall–Kier alpha value is -2.89. The zero-order valence-electron chi connectivity index (χ0n) is 16.9. The number of carbonyl (C=O) groups excluding carboxylic acids is 1. The molecule has 3 aromatic rings. The molecule has 1 amide bonds. The van der Waals surface area contributed by atoms with E-state index in [-0.39, 0.29) is 11.8 Å². The van der Waals surface area contributed by atoms with Gasteiger partial charge in [0.05, 0.1) is 12.1 Å². The van der Waals surface area contributed by atoms with Gasteiger partial charge in [-0.2, -0.15) is 5.10 Å². The molecule has 152 valence electrons. The van der Waals surface area contributed by atoms with Crippen LogP contribution in [0.3, 0.4) is 0 Å². The number of benzene rings is 1. The first-order valence-electron chi connectivity index (χ1n) is 10.5. The average molecular weight is 393 g/mol. The average Bonchev–Trinajstić information content (AvgIpc) is 3.42. The van der Waals surface area contributed by atoms with Crippen LogP contribution in [-0.4, -0.2) is 39.1 Å². The smallest absolute Gasteiger partial charge is 0.274 e. The molecule has 29 heavy (non-hydrogen) atoms.